The number of ether oxygens (including phenoxy) is 1. The van der Waals surface area contributed by atoms with Crippen LogP contribution in [0.2, 0.25) is 0 Å². The molecule has 7 nitrogen and oxygen atoms in total. The minimum Gasteiger partial charge on any atom is -0.464 e. The molecule has 0 aromatic heterocycles. The predicted octanol–water partition coefficient (Wildman–Crippen LogP) is 4.20. The van der Waals surface area contributed by atoms with Gasteiger partial charge in [-0.25, -0.2) is 4.79 Å². The number of amides is 1. The molecule has 0 bridgehead atoms. The van der Waals surface area contributed by atoms with Crippen molar-refractivity contribution in [2.75, 3.05) is 26.0 Å². The van der Waals surface area contributed by atoms with E-state index in [0.717, 1.165) is 12.1 Å². The molecule has 0 fully saturated rings. The second-order valence-electron chi connectivity index (χ2n) is 6.71. The smallest absolute Gasteiger partial charge is 0.416 e. The van der Waals surface area contributed by atoms with Gasteiger partial charge in [0.05, 0.1) is 37.5 Å². The van der Waals surface area contributed by atoms with Crippen LogP contribution in [0.15, 0.2) is 24.3 Å². The van der Waals surface area contributed by atoms with Gasteiger partial charge < -0.3 is 19.1 Å². The van der Waals surface area contributed by atoms with Crippen molar-refractivity contribution < 1.29 is 41.1 Å². The molecule has 1 N–H and O–H groups in total. The summed E-state index contributed by atoms with van der Waals surface area (Å²) in [7, 11) is -3.64. The van der Waals surface area contributed by atoms with Crippen molar-refractivity contribution >= 4 is 19.5 Å². The Morgan fingerprint density at radius 1 is 1.03 bits per heavy atom. The zero-order chi connectivity index (χ0) is 23.7. The fourth-order valence-corrected chi connectivity index (χ4v) is 4.72. The molecule has 0 aliphatic heterocycles. The van der Waals surface area contributed by atoms with Gasteiger partial charge in [-0.05, 0) is 51.8 Å². The van der Waals surface area contributed by atoms with E-state index < -0.39 is 43.2 Å². The maximum absolute atomic E-state index is 13.0. The van der Waals surface area contributed by atoms with Crippen LogP contribution in [0.1, 0.15) is 38.8 Å². The first-order valence-electron chi connectivity index (χ1n) is 9.97. The number of hydrogen-bond donors (Lipinski definition) is 1. The number of nitrogens with one attached hydrogen (secondary N) is 1. The van der Waals surface area contributed by atoms with Gasteiger partial charge in [0.2, 0.25) is 5.91 Å². The van der Waals surface area contributed by atoms with E-state index in [-0.39, 0.29) is 32.4 Å². The van der Waals surface area contributed by atoms with Gasteiger partial charge in [0.25, 0.3) is 0 Å². The van der Waals surface area contributed by atoms with Crippen LogP contribution in [0.25, 0.3) is 0 Å². The van der Waals surface area contributed by atoms with Crippen molar-refractivity contribution in [3.63, 3.8) is 0 Å². The molecule has 0 aliphatic rings. The maximum Gasteiger partial charge on any atom is 0.416 e. The van der Waals surface area contributed by atoms with Crippen LogP contribution in [0.3, 0.4) is 0 Å². The number of esters is 1. The van der Waals surface area contributed by atoms with Crippen LogP contribution >= 0.6 is 7.60 Å². The molecule has 0 saturated heterocycles. The Morgan fingerprint density at radius 2 is 1.58 bits per heavy atom. The van der Waals surface area contributed by atoms with Gasteiger partial charge in [-0.1, -0.05) is 12.1 Å². The number of carbonyl (C=O) groups is 2. The Hall–Kier alpha value is -1.90. The van der Waals surface area contributed by atoms with Gasteiger partial charge in [0.15, 0.2) is 0 Å². The molecule has 0 saturated carbocycles. The van der Waals surface area contributed by atoms with Crippen molar-refractivity contribution in [2.24, 2.45) is 5.92 Å². The molecule has 0 radical (unpaired) electrons. The van der Waals surface area contributed by atoms with Crippen molar-refractivity contribution in [1.29, 1.82) is 0 Å². The Balaban J connectivity index is 3.10. The monoisotopic (exact) mass is 467 g/mol. The molecular formula is C20H29F3NO6P. The highest BCUT2D eigenvalue weighted by atomic mass is 31.2. The molecule has 2 atom stereocenters. The Kier molecular flexibility index (Phi) is 10.7. The summed E-state index contributed by atoms with van der Waals surface area (Å²) in [6.07, 6.45) is -4.80. The molecule has 176 valence electrons. The van der Waals surface area contributed by atoms with E-state index in [0.29, 0.717) is 5.56 Å². The lowest BCUT2D eigenvalue weighted by Crippen LogP contribution is -2.44. The molecule has 1 aromatic rings. The second kappa shape index (κ2) is 12.2. The standard InChI is InChI=1S/C20H29F3NO6P/c1-5-28-19(26)14(4)24-18(25)16(13-31(27,29-6-2)30-7-3)12-15-8-10-17(11-9-15)20(21,22)23/h8-11,14,16H,5-7,12-13H2,1-4H3,(H,24,25)/t14-,16?/m0/s1. The van der Waals surface area contributed by atoms with E-state index in [4.69, 9.17) is 13.8 Å². The molecule has 1 unspecified atom stereocenters. The van der Waals surface area contributed by atoms with Crippen molar-refractivity contribution in [3.05, 3.63) is 35.4 Å². The number of rotatable bonds is 12. The van der Waals surface area contributed by atoms with E-state index in [1.54, 1.807) is 20.8 Å². The summed E-state index contributed by atoms with van der Waals surface area (Å²) in [4.78, 5) is 24.7. The highest BCUT2D eigenvalue weighted by Gasteiger charge is 2.34. The summed E-state index contributed by atoms with van der Waals surface area (Å²) in [5.74, 6) is -2.22. The lowest BCUT2D eigenvalue weighted by Gasteiger charge is -2.24. The van der Waals surface area contributed by atoms with E-state index in [9.17, 15) is 27.3 Å². The maximum atomic E-state index is 13.0. The van der Waals surface area contributed by atoms with Crippen LogP contribution in [0.5, 0.6) is 0 Å². The quantitative estimate of drug-likeness (QED) is 0.366. The van der Waals surface area contributed by atoms with Crippen LogP contribution < -0.4 is 5.32 Å². The second-order valence-corrected chi connectivity index (χ2v) is 8.81. The lowest BCUT2D eigenvalue weighted by molar-refractivity contribution is -0.147. The predicted molar refractivity (Wildman–Crippen MR) is 109 cm³/mol. The molecule has 0 aliphatic carbocycles. The Labute approximate surface area is 180 Å². The van der Waals surface area contributed by atoms with Gasteiger partial charge in [-0.15, -0.1) is 0 Å². The highest BCUT2D eigenvalue weighted by molar-refractivity contribution is 7.53. The number of carbonyl (C=O) groups excluding carboxylic acids is 2. The Bertz CT molecular complexity index is 759. The summed E-state index contributed by atoms with van der Waals surface area (Å²) >= 11 is 0. The fraction of sp³-hybridized carbons (Fsp3) is 0.600. The van der Waals surface area contributed by atoms with E-state index in [1.165, 1.54) is 19.1 Å². The fourth-order valence-electron chi connectivity index (χ4n) is 2.82. The highest BCUT2D eigenvalue weighted by Crippen LogP contribution is 2.50. The first-order valence-corrected chi connectivity index (χ1v) is 11.7. The minimum absolute atomic E-state index is 0.0242. The van der Waals surface area contributed by atoms with Gasteiger partial charge >= 0.3 is 19.7 Å². The molecule has 1 rings (SSSR count). The van der Waals surface area contributed by atoms with Crippen LogP contribution in [-0.2, 0) is 40.5 Å². The van der Waals surface area contributed by atoms with Gasteiger partial charge in [0, 0.05) is 0 Å². The van der Waals surface area contributed by atoms with Crippen LogP contribution in [0, 0.1) is 5.92 Å². The first-order chi connectivity index (χ1) is 14.5. The molecule has 31 heavy (non-hydrogen) atoms. The van der Waals surface area contributed by atoms with E-state index in [1.807, 2.05) is 0 Å². The van der Waals surface area contributed by atoms with Crippen molar-refractivity contribution in [2.45, 2.75) is 46.3 Å². The number of hydrogen-bond acceptors (Lipinski definition) is 6. The molecular weight excluding hydrogens is 438 g/mol. The van der Waals surface area contributed by atoms with Gasteiger partial charge in [-0.3, -0.25) is 9.36 Å². The van der Waals surface area contributed by atoms with Gasteiger partial charge in [0.1, 0.15) is 6.04 Å². The van der Waals surface area contributed by atoms with Crippen LogP contribution in [-0.4, -0.2) is 43.9 Å². The average molecular weight is 467 g/mol. The first kappa shape index (κ1) is 27.1. The summed E-state index contributed by atoms with van der Waals surface area (Å²) in [5, 5.41) is 2.50. The Morgan fingerprint density at radius 3 is 2.03 bits per heavy atom. The molecule has 0 spiro atoms. The largest absolute Gasteiger partial charge is 0.464 e. The molecule has 1 amide bonds. The third-order valence-electron chi connectivity index (χ3n) is 4.23. The summed E-state index contributed by atoms with van der Waals surface area (Å²) in [6, 6.07) is 3.38. The topological polar surface area (TPSA) is 90.9 Å². The number of alkyl halides is 3. The number of benzene rings is 1. The minimum atomic E-state index is -4.48. The summed E-state index contributed by atoms with van der Waals surface area (Å²) in [6.45, 7) is 6.63. The van der Waals surface area contributed by atoms with Gasteiger partial charge in [-0.2, -0.15) is 13.2 Å². The summed E-state index contributed by atoms with van der Waals surface area (Å²) in [5.41, 5.74) is -0.390. The number of halogens is 3. The van der Waals surface area contributed by atoms with E-state index >= 15 is 0 Å². The third kappa shape index (κ3) is 9.01. The third-order valence-corrected chi connectivity index (χ3v) is 6.42. The molecule has 11 heteroatoms. The molecule has 1 aromatic carbocycles. The lowest BCUT2D eigenvalue weighted by atomic mass is 9.98. The van der Waals surface area contributed by atoms with E-state index in [2.05, 4.69) is 5.32 Å². The SMILES string of the molecule is CCOC(=O)[C@H](C)NC(=O)C(Cc1ccc(C(F)(F)F)cc1)CP(=O)(OCC)OCC. The average Bonchev–Trinajstić information content (AvgIpc) is 2.67. The molecule has 0 heterocycles. The van der Waals surface area contributed by atoms with Crippen molar-refractivity contribution in [1.82, 2.24) is 5.32 Å². The van der Waals surface area contributed by atoms with Crippen LogP contribution in [0.4, 0.5) is 13.2 Å². The van der Waals surface area contributed by atoms with Crippen molar-refractivity contribution in [3.8, 4) is 0 Å². The normalized spacial score (nSPS) is 14.0. The zero-order valence-corrected chi connectivity index (χ0v) is 18.9. The zero-order valence-electron chi connectivity index (χ0n) is 18.0. The summed E-state index contributed by atoms with van der Waals surface area (Å²) < 4.78 is 66.8.